The predicted octanol–water partition coefficient (Wildman–Crippen LogP) is 4.42. The van der Waals surface area contributed by atoms with E-state index in [1.54, 1.807) is 36.3 Å². The first-order chi connectivity index (χ1) is 14.6. The summed E-state index contributed by atoms with van der Waals surface area (Å²) < 4.78 is 23.9. The molecule has 0 spiro atoms. The predicted molar refractivity (Wildman–Crippen MR) is 112 cm³/mol. The molecule has 4 nitrogen and oxygen atoms in total. The van der Waals surface area contributed by atoms with Crippen molar-refractivity contribution in [1.82, 2.24) is 4.90 Å². The maximum atomic E-state index is 13.0. The zero-order valence-corrected chi connectivity index (χ0v) is 16.5. The first-order valence-electron chi connectivity index (χ1n) is 9.55. The van der Waals surface area contributed by atoms with E-state index >= 15 is 0 Å². The Hall–Kier alpha value is -3.78. The Kier molecular flexibility index (Phi) is 5.67. The molecule has 0 saturated heterocycles. The number of fused-ring (bicyclic) bond motifs is 1. The fourth-order valence-electron chi connectivity index (χ4n) is 3.20. The Morgan fingerprint density at radius 3 is 2.50 bits per heavy atom. The number of ether oxygens (including phenoxy) is 2. The van der Waals surface area contributed by atoms with Gasteiger partial charge in [0, 0.05) is 18.5 Å². The van der Waals surface area contributed by atoms with Gasteiger partial charge >= 0.3 is 0 Å². The van der Waals surface area contributed by atoms with Crippen LogP contribution in [0.1, 0.15) is 27.0 Å². The minimum absolute atomic E-state index is 0.0887. The molecular weight excluding hydrogens is 381 g/mol. The minimum Gasteiger partial charge on any atom is -0.497 e. The van der Waals surface area contributed by atoms with Crippen molar-refractivity contribution in [3.05, 3.63) is 94.8 Å². The van der Waals surface area contributed by atoms with Crippen LogP contribution in [0.15, 0.2) is 66.7 Å². The summed E-state index contributed by atoms with van der Waals surface area (Å²) in [6.45, 7) is 0.649. The van der Waals surface area contributed by atoms with E-state index < -0.39 is 0 Å². The summed E-state index contributed by atoms with van der Waals surface area (Å²) in [5.41, 5.74) is 3.17. The van der Waals surface area contributed by atoms with Crippen molar-refractivity contribution in [1.29, 1.82) is 0 Å². The zero-order valence-electron chi connectivity index (χ0n) is 16.5. The molecule has 1 amide bonds. The Labute approximate surface area is 174 Å². The summed E-state index contributed by atoms with van der Waals surface area (Å²) >= 11 is 0. The monoisotopic (exact) mass is 401 g/mol. The van der Waals surface area contributed by atoms with Gasteiger partial charge in [0.1, 0.15) is 17.3 Å². The molecule has 5 heteroatoms. The highest BCUT2D eigenvalue weighted by Crippen LogP contribution is 2.27. The third-order valence-electron chi connectivity index (χ3n) is 4.84. The number of carbonyl (C=O) groups excluding carboxylic acids is 1. The molecule has 30 heavy (non-hydrogen) atoms. The van der Waals surface area contributed by atoms with E-state index in [2.05, 4.69) is 11.8 Å². The Morgan fingerprint density at radius 1 is 1.03 bits per heavy atom. The van der Waals surface area contributed by atoms with Gasteiger partial charge in [-0.2, -0.15) is 0 Å². The van der Waals surface area contributed by atoms with Crippen LogP contribution in [-0.4, -0.2) is 24.6 Å². The van der Waals surface area contributed by atoms with E-state index in [1.807, 2.05) is 30.3 Å². The topological polar surface area (TPSA) is 38.8 Å². The zero-order chi connectivity index (χ0) is 20.9. The van der Waals surface area contributed by atoms with Crippen LogP contribution in [-0.2, 0) is 13.0 Å². The number of hydrogen-bond donors (Lipinski definition) is 0. The average Bonchev–Trinajstić information content (AvgIpc) is 2.78. The Balaban J connectivity index is 1.47. The van der Waals surface area contributed by atoms with E-state index in [0.29, 0.717) is 24.3 Å². The summed E-state index contributed by atoms with van der Waals surface area (Å²) in [5.74, 6) is 7.13. The molecule has 1 aliphatic heterocycles. The van der Waals surface area contributed by atoms with Crippen LogP contribution in [0, 0.1) is 17.7 Å². The number of amides is 1. The number of halogens is 1. The summed E-state index contributed by atoms with van der Waals surface area (Å²) in [4.78, 5) is 14.6. The molecule has 4 rings (SSSR count). The van der Waals surface area contributed by atoms with Gasteiger partial charge in [0.2, 0.25) is 0 Å². The lowest BCUT2D eigenvalue weighted by atomic mass is 10.1. The van der Waals surface area contributed by atoms with Crippen LogP contribution in [0.5, 0.6) is 11.5 Å². The number of nitrogens with zero attached hydrogens (tertiary/aromatic N) is 1. The van der Waals surface area contributed by atoms with Crippen molar-refractivity contribution < 1.29 is 18.7 Å². The van der Waals surface area contributed by atoms with Crippen molar-refractivity contribution in [3.8, 4) is 23.3 Å². The molecule has 0 radical (unpaired) electrons. The SMILES string of the molecule is COc1ccc(CN2COc3ccc(C#CCc4ccc(F)cc4)cc3C2=O)cc1. The van der Waals surface area contributed by atoms with Gasteiger partial charge in [0.15, 0.2) is 6.73 Å². The lowest BCUT2D eigenvalue weighted by Crippen LogP contribution is -2.38. The molecule has 0 aliphatic carbocycles. The van der Waals surface area contributed by atoms with Gasteiger partial charge in [-0.05, 0) is 53.6 Å². The second kappa shape index (κ2) is 8.71. The van der Waals surface area contributed by atoms with Crippen molar-refractivity contribution in [2.45, 2.75) is 13.0 Å². The Bertz CT molecular complexity index is 1110. The van der Waals surface area contributed by atoms with Crippen molar-refractivity contribution in [2.75, 3.05) is 13.8 Å². The molecule has 1 aliphatic rings. The molecule has 0 aromatic heterocycles. The van der Waals surface area contributed by atoms with Gasteiger partial charge in [-0.15, -0.1) is 0 Å². The van der Waals surface area contributed by atoms with Crippen LogP contribution in [0.25, 0.3) is 0 Å². The lowest BCUT2D eigenvalue weighted by Gasteiger charge is -2.29. The molecule has 1 heterocycles. The molecule has 0 bridgehead atoms. The number of methoxy groups -OCH3 is 1. The highest BCUT2D eigenvalue weighted by Gasteiger charge is 2.25. The first kappa shape index (κ1) is 19.5. The highest BCUT2D eigenvalue weighted by atomic mass is 19.1. The van der Waals surface area contributed by atoms with Crippen LogP contribution in [0.2, 0.25) is 0 Å². The maximum absolute atomic E-state index is 13.0. The molecular formula is C25H20FNO3. The van der Waals surface area contributed by atoms with E-state index in [1.165, 1.54) is 12.1 Å². The summed E-state index contributed by atoms with van der Waals surface area (Å²) in [6, 6.07) is 19.2. The molecule has 0 saturated carbocycles. The van der Waals surface area contributed by atoms with Gasteiger partial charge < -0.3 is 14.4 Å². The van der Waals surface area contributed by atoms with Gasteiger partial charge in [-0.3, -0.25) is 4.79 Å². The Morgan fingerprint density at radius 2 is 1.77 bits per heavy atom. The highest BCUT2D eigenvalue weighted by molar-refractivity contribution is 5.98. The fourth-order valence-corrected chi connectivity index (χ4v) is 3.20. The van der Waals surface area contributed by atoms with E-state index in [4.69, 9.17) is 9.47 Å². The van der Waals surface area contributed by atoms with Gasteiger partial charge in [-0.25, -0.2) is 4.39 Å². The second-order valence-electron chi connectivity index (χ2n) is 6.94. The number of hydrogen-bond acceptors (Lipinski definition) is 3. The quantitative estimate of drug-likeness (QED) is 0.608. The van der Waals surface area contributed by atoms with Crippen molar-refractivity contribution in [3.63, 3.8) is 0 Å². The minimum atomic E-state index is -0.265. The maximum Gasteiger partial charge on any atom is 0.260 e. The third-order valence-corrected chi connectivity index (χ3v) is 4.84. The van der Waals surface area contributed by atoms with Crippen LogP contribution in [0.3, 0.4) is 0 Å². The van der Waals surface area contributed by atoms with Gasteiger partial charge in [0.25, 0.3) is 5.91 Å². The third kappa shape index (κ3) is 4.44. The van der Waals surface area contributed by atoms with Crippen molar-refractivity contribution >= 4 is 5.91 Å². The molecule has 3 aromatic carbocycles. The van der Waals surface area contributed by atoms with E-state index in [0.717, 1.165) is 22.4 Å². The fraction of sp³-hybridized carbons (Fsp3) is 0.160. The van der Waals surface area contributed by atoms with E-state index in [9.17, 15) is 9.18 Å². The molecule has 0 unspecified atom stereocenters. The largest absolute Gasteiger partial charge is 0.497 e. The molecule has 0 N–H and O–H groups in total. The molecule has 150 valence electrons. The van der Waals surface area contributed by atoms with Gasteiger partial charge in [-0.1, -0.05) is 36.1 Å². The van der Waals surface area contributed by atoms with Gasteiger partial charge in [0.05, 0.1) is 12.7 Å². The first-order valence-corrected chi connectivity index (χ1v) is 9.55. The standard InChI is InChI=1S/C25H20FNO3/c1-29-22-12-7-20(8-13-22)16-27-17-30-24-14-9-19(15-23(24)25(27)28)4-2-3-18-5-10-21(26)11-6-18/h5-15H,3,16-17H2,1H3. The van der Waals surface area contributed by atoms with Crippen LogP contribution in [0.4, 0.5) is 4.39 Å². The summed E-state index contributed by atoms with van der Waals surface area (Å²) in [6.07, 6.45) is 0.505. The molecule has 0 fully saturated rings. The average molecular weight is 401 g/mol. The molecule has 3 aromatic rings. The summed E-state index contributed by atoms with van der Waals surface area (Å²) in [5, 5.41) is 0. The summed E-state index contributed by atoms with van der Waals surface area (Å²) in [7, 11) is 1.62. The normalized spacial score (nSPS) is 12.5. The number of carbonyl (C=O) groups is 1. The van der Waals surface area contributed by atoms with Crippen LogP contribution < -0.4 is 9.47 Å². The van der Waals surface area contributed by atoms with E-state index in [-0.39, 0.29) is 18.5 Å². The lowest BCUT2D eigenvalue weighted by molar-refractivity contribution is 0.0498. The van der Waals surface area contributed by atoms with Crippen molar-refractivity contribution in [2.24, 2.45) is 0 Å². The molecule has 0 atom stereocenters. The number of rotatable bonds is 4. The smallest absolute Gasteiger partial charge is 0.260 e. The van der Waals surface area contributed by atoms with Crippen LogP contribution >= 0.6 is 0 Å². The number of benzene rings is 3. The second-order valence-corrected chi connectivity index (χ2v) is 6.94.